The van der Waals surface area contributed by atoms with Crippen LogP contribution in [0.15, 0.2) is 18.2 Å². The first-order valence-corrected chi connectivity index (χ1v) is 5.55. The number of benzene rings is 1. The molecule has 0 spiro atoms. The molecule has 0 saturated heterocycles. The maximum Gasteiger partial charge on any atom is 0.339 e. The lowest BCUT2D eigenvalue weighted by Gasteiger charge is -2.12. The molecule has 0 aromatic heterocycles. The van der Waals surface area contributed by atoms with E-state index >= 15 is 0 Å². The van der Waals surface area contributed by atoms with Gasteiger partial charge in [0, 0.05) is 7.11 Å². The normalized spacial score (nSPS) is 10.6. The summed E-state index contributed by atoms with van der Waals surface area (Å²) in [6, 6.07) is 5.25. The van der Waals surface area contributed by atoms with Gasteiger partial charge in [0.05, 0.1) is 6.61 Å². The zero-order valence-electron chi connectivity index (χ0n) is 10.4. The minimum Gasteiger partial charge on any atom is -0.490 e. The largest absolute Gasteiger partial charge is 0.490 e. The quantitative estimate of drug-likeness (QED) is 0.774. The standard InChI is InChI=1S/C13H18O4/c1-9(2)10-4-5-12(17-7-6-16-3)11(8-10)13(14)15/h4-5,8-9H,6-7H2,1-3H3,(H,14,15). The Morgan fingerprint density at radius 2 is 2.06 bits per heavy atom. The van der Waals surface area contributed by atoms with Crippen LogP contribution in [0.4, 0.5) is 0 Å². The van der Waals surface area contributed by atoms with Crippen molar-refractivity contribution in [3.63, 3.8) is 0 Å². The molecule has 1 N–H and O–H groups in total. The summed E-state index contributed by atoms with van der Waals surface area (Å²) in [5, 5.41) is 9.12. The average molecular weight is 238 g/mol. The molecule has 0 atom stereocenters. The molecule has 0 heterocycles. The van der Waals surface area contributed by atoms with E-state index in [4.69, 9.17) is 14.6 Å². The van der Waals surface area contributed by atoms with Crippen molar-refractivity contribution in [3.05, 3.63) is 29.3 Å². The van der Waals surface area contributed by atoms with Gasteiger partial charge in [-0.3, -0.25) is 0 Å². The fourth-order valence-electron chi connectivity index (χ4n) is 1.43. The van der Waals surface area contributed by atoms with Crippen LogP contribution < -0.4 is 4.74 Å². The van der Waals surface area contributed by atoms with Gasteiger partial charge in [-0.1, -0.05) is 19.9 Å². The molecule has 0 unspecified atom stereocenters. The molecule has 0 aliphatic rings. The maximum absolute atomic E-state index is 11.1. The summed E-state index contributed by atoms with van der Waals surface area (Å²) >= 11 is 0. The van der Waals surface area contributed by atoms with Gasteiger partial charge >= 0.3 is 5.97 Å². The van der Waals surface area contributed by atoms with Crippen LogP contribution in [0.2, 0.25) is 0 Å². The number of carboxylic acids is 1. The molecule has 94 valence electrons. The second-order valence-corrected chi connectivity index (χ2v) is 4.06. The number of carbonyl (C=O) groups is 1. The molecule has 1 aromatic rings. The predicted molar refractivity (Wildman–Crippen MR) is 64.9 cm³/mol. The molecule has 4 nitrogen and oxygen atoms in total. The highest BCUT2D eigenvalue weighted by molar-refractivity contribution is 5.91. The number of aromatic carboxylic acids is 1. The zero-order valence-corrected chi connectivity index (χ0v) is 10.4. The number of hydrogen-bond acceptors (Lipinski definition) is 3. The van der Waals surface area contributed by atoms with Gasteiger partial charge in [-0.25, -0.2) is 4.79 Å². The summed E-state index contributed by atoms with van der Waals surface area (Å²) in [5.74, 6) is -0.292. The Balaban J connectivity index is 2.92. The Kier molecular flexibility index (Phi) is 4.97. The zero-order chi connectivity index (χ0) is 12.8. The molecule has 4 heteroatoms. The highest BCUT2D eigenvalue weighted by atomic mass is 16.5. The van der Waals surface area contributed by atoms with Crippen molar-refractivity contribution in [3.8, 4) is 5.75 Å². The van der Waals surface area contributed by atoms with Crippen molar-refractivity contribution >= 4 is 5.97 Å². The van der Waals surface area contributed by atoms with Crippen LogP contribution in [0.25, 0.3) is 0 Å². The third-order valence-electron chi connectivity index (χ3n) is 2.45. The molecular weight excluding hydrogens is 220 g/mol. The minimum atomic E-state index is -0.972. The van der Waals surface area contributed by atoms with Crippen LogP contribution >= 0.6 is 0 Å². The van der Waals surface area contributed by atoms with Crippen molar-refractivity contribution in [1.29, 1.82) is 0 Å². The molecule has 1 rings (SSSR count). The lowest BCUT2D eigenvalue weighted by molar-refractivity contribution is 0.0689. The van der Waals surface area contributed by atoms with E-state index in [1.54, 1.807) is 19.2 Å². The first-order valence-electron chi connectivity index (χ1n) is 5.55. The first-order chi connectivity index (χ1) is 8.06. The topological polar surface area (TPSA) is 55.8 Å². The van der Waals surface area contributed by atoms with Crippen molar-refractivity contribution in [2.75, 3.05) is 20.3 Å². The Morgan fingerprint density at radius 1 is 1.35 bits per heavy atom. The Morgan fingerprint density at radius 3 is 2.59 bits per heavy atom. The van der Waals surface area contributed by atoms with E-state index in [0.29, 0.717) is 24.9 Å². The van der Waals surface area contributed by atoms with Gasteiger partial charge in [-0.2, -0.15) is 0 Å². The molecular formula is C13H18O4. The number of rotatable bonds is 6. The molecule has 0 radical (unpaired) electrons. The fourth-order valence-corrected chi connectivity index (χ4v) is 1.43. The number of carboxylic acid groups (broad SMARTS) is 1. The Bertz CT molecular complexity index is 385. The Hall–Kier alpha value is -1.55. The first kappa shape index (κ1) is 13.5. The van der Waals surface area contributed by atoms with E-state index in [9.17, 15) is 4.79 Å². The van der Waals surface area contributed by atoms with Crippen molar-refractivity contribution in [2.24, 2.45) is 0 Å². The second kappa shape index (κ2) is 6.25. The van der Waals surface area contributed by atoms with E-state index in [-0.39, 0.29) is 5.56 Å². The molecule has 0 saturated carbocycles. The third-order valence-corrected chi connectivity index (χ3v) is 2.45. The van der Waals surface area contributed by atoms with Crippen LogP contribution in [-0.4, -0.2) is 31.4 Å². The van der Waals surface area contributed by atoms with Gasteiger partial charge < -0.3 is 14.6 Å². The van der Waals surface area contributed by atoms with Crippen LogP contribution in [0.1, 0.15) is 35.7 Å². The van der Waals surface area contributed by atoms with Crippen LogP contribution in [0.5, 0.6) is 5.75 Å². The summed E-state index contributed by atoms with van der Waals surface area (Å²) in [4.78, 5) is 11.1. The molecule has 0 aliphatic heterocycles. The lowest BCUT2D eigenvalue weighted by Crippen LogP contribution is -2.09. The number of hydrogen-bond donors (Lipinski definition) is 1. The van der Waals surface area contributed by atoms with Gasteiger partial charge in [-0.05, 0) is 23.6 Å². The molecule has 0 amide bonds. The third kappa shape index (κ3) is 3.75. The Labute approximate surface area is 101 Å². The predicted octanol–water partition coefficient (Wildman–Crippen LogP) is 2.53. The SMILES string of the molecule is COCCOc1ccc(C(C)C)cc1C(=O)O. The van der Waals surface area contributed by atoms with Gasteiger partial charge in [0.2, 0.25) is 0 Å². The fraction of sp³-hybridized carbons (Fsp3) is 0.462. The van der Waals surface area contributed by atoms with E-state index < -0.39 is 5.97 Å². The van der Waals surface area contributed by atoms with Gasteiger partial charge in [-0.15, -0.1) is 0 Å². The number of ether oxygens (including phenoxy) is 2. The maximum atomic E-state index is 11.1. The van der Waals surface area contributed by atoms with Crippen LogP contribution in [0.3, 0.4) is 0 Å². The van der Waals surface area contributed by atoms with E-state index in [2.05, 4.69) is 0 Å². The minimum absolute atomic E-state index is 0.201. The van der Waals surface area contributed by atoms with E-state index in [1.165, 1.54) is 0 Å². The van der Waals surface area contributed by atoms with Gasteiger partial charge in [0.1, 0.15) is 17.9 Å². The van der Waals surface area contributed by atoms with E-state index in [0.717, 1.165) is 5.56 Å². The number of methoxy groups -OCH3 is 1. The lowest BCUT2D eigenvalue weighted by atomic mass is 10.0. The summed E-state index contributed by atoms with van der Waals surface area (Å²) in [6.45, 7) is 4.82. The monoisotopic (exact) mass is 238 g/mol. The summed E-state index contributed by atoms with van der Waals surface area (Å²) in [5.41, 5.74) is 1.19. The molecule has 17 heavy (non-hydrogen) atoms. The van der Waals surface area contributed by atoms with Crippen molar-refractivity contribution < 1.29 is 19.4 Å². The van der Waals surface area contributed by atoms with Crippen molar-refractivity contribution in [1.82, 2.24) is 0 Å². The average Bonchev–Trinajstić information content (AvgIpc) is 2.29. The van der Waals surface area contributed by atoms with Crippen LogP contribution in [-0.2, 0) is 4.74 Å². The smallest absolute Gasteiger partial charge is 0.339 e. The molecule has 0 fully saturated rings. The molecule has 0 bridgehead atoms. The highest BCUT2D eigenvalue weighted by Crippen LogP contribution is 2.24. The van der Waals surface area contributed by atoms with E-state index in [1.807, 2.05) is 19.9 Å². The summed E-state index contributed by atoms with van der Waals surface area (Å²) in [7, 11) is 1.57. The summed E-state index contributed by atoms with van der Waals surface area (Å²) in [6.07, 6.45) is 0. The second-order valence-electron chi connectivity index (χ2n) is 4.06. The van der Waals surface area contributed by atoms with Crippen LogP contribution in [0, 0.1) is 0 Å². The molecule has 1 aromatic carbocycles. The van der Waals surface area contributed by atoms with Gasteiger partial charge in [0.15, 0.2) is 0 Å². The highest BCUT2D eigenvalue weighted by Gasteiger charge is 2.13. The molecule has 0 aliphatic carbocycles. The van der Waals surface area contributed by atoms with Crippen molar-refractivity contribution in [2.45, 2.75) is 19.8 Å². The summed E-state index contributed by atoms with van der Waals surface area (Å²) < 4.78 is 10.2. The van der Waals surface area contributed by atoms with Gasteiger partial charge in [0.25, 0.3) is 0 Å².